The topological polar surface area (TPSA) is 49.9 Å². The Morgan fingerprint density at radius 2 is 1.86 bits per heavy atom. The van der Waals surface area contributed by atoms with E-state index in [4.69, 9.17) is 4.74 Å². The lowest BCUT2D eigenvalue weighted by Crippen LogP contribution is -2.50. The fraction of sp³-hybridized carbons (Fsp3) is 0.882. The minimum atomic E-state index is -0.132. The van der Waals surface area contributed by atoms with Crippen LogP contribution in [0, 0.1) is 11.8 Å². The van der Waals surface area contributed by atoms with Gasteiger partial charge in [0.1, 0.15) is 12.1 Å². The molecule has 5 nitrogen and oxygen atoms in total. The minimum absolute atomic E-state index is 0.0113. The van der Waals surface area contributed by atoms with Crippen LogP contribution in [0.1, 0.15) is 46.0 Å². The van der Waals surface area contributed by atoms with Gasteiger partial charge in [0.2, 0.25) is 5.91 Å². The molecule has 0 bridgehead atoms. The van der Waals surface area contributed by atoms with E-state index in [0.29, 0.717) is 5.91 Å². The van der Waals surface area contributed by atoms with Crippen LogP contribution in [0.2, 0.25) is 0 Å². The summed E-state index contributed by atoms with van der Waals surface area (Å²) in [6.07, 6.45) is 4.97. The molecule has 1 amide bonds. The van der Waals surface area contributed by atoms with Gasteiger partial charge in [0.25, 0.3) is 0 Å². The molecule has 0 aromatic carbocycles. The summed E-state index contributed by atoms with van der Waals surface area (Å²) in [7, 11) is 0. The highest BCUT2D eigenvalue weighted by atomic mass is 16.6. The largest absolute Gasteiger partial charge is 0.461 e. The van der Waals surface area contributed by atoms with Crippen molar-refractivity contribution in [2.45, 2.75) is 58.1 Å². The number of cyclic esters (lactones) is 1. The third-order valence-corrected chi connectivity index (χ3v) is 5.48. The van der Waals surface area contributed by atoms with E-state index in [-0.39, 0.29) is 24.0 Å². The standard InChI is InChI=1S/C17H28N2O3/c1-12-5-8-18(9-6-12)16(20)14-4-3-7-19(11-14)15-10-13(2)22-17(15)21/h12-15H,3-11H2,1-2H3/t13-,14+,15+/m0/s1. The van der Waals surface area contributed by atoms with Crippen LogP contribution in [0.15, 0.2) is 0 Å². The van der Waals surface area contributed by atoms with Gasteiger partial charge in [0.05, 0.1) is 5.92 Å². The zero-order valence-electron chi connectivity index (χ0n) is 13.8. The zero-order valence-corrected chi connectivity index (χ0v) is 13.8. The number of amides is 1. The van der Waals surface area contributed by atoms with Crippen LogP contribution in [0.4, 0.5) is 0 Å². The van der Waals surface area contributed by atoms with Crippen LogP contribution in [0.5, 0.6) is 0 Å². The van der Waals surface area contributed by atoms with Gasteiger partial charge in [-0.2, -0.15) is 0 Å². The van der Waals surface area contributed by atoms with Crippen LogP contribution in [-0.2, 0) is 14.3 Å². The average molecular weight is 308 g/mol. The molecule has 0 N–H and O–H groups in total. The summed E-state index contributed by atoms with van der Waals surface area (Å²) in [5.41, 5.74) is 0. The van der Waals surface area contributed by atoms with E-state index in [1.165, 1.54) is 0 Å². The minimum Gasteiger partial charge on any atom is -0.461 e. The van der Waals surface area contributed by atoms with E-state index in [1.54, 1.807) is 0 Å². The van der Waals surface area contributed by atoms with Crippen molar-refractivity contribution in [1.29, 1.82) is 0 Å². The maximum absolute atomic E-state index is 12.7. The van der Waals surface area contributed by atoms with Crippen molar-refractivity contribution >= 4 is 11.9 Å². The number of esters is 1. The summed E-state index contributed by atoms with van der Waals surface area (Å²) < 4.78 is 5.27. The quantitative estimate of drug-likeness (QED) is 0.728. The molecular weight excluding hydrogens is 280 g/mol. The Balaban J connectivity index is 1.58. The fourth-order valence-corrected chi connectivity index (χ4v) is 4.01. The number of carbonyl (C=O) groups excluding carboxylic acids is 2. The first kappa shape index (κ1) is 15.8. The van der Waals surface area contributed by atoms with Gasteiger partial charge in [-0.25, -0.2) is 0 Å². The molecule has 5 heteroatoms. The van der Waals surface area contributed by atoms with Crippen LogP contribution >= 0.6 is 0 Å². The third-order valence-electron chi connectivity index (χ3n) is 5.48. The second-order valence-corrected chi connectivity index (χ2v) is 7.34. The van der Waals surface area contributed by atoms with E-state index in [1.807, 2.05) is 11.8 Å². The number of ether oxygens (including phenoxy) is 1. The molecule has 0 aromatic heterocycles. The highest BCUT2D eigenvalue weighted by Crippen LogP contribution is 2.27. The van der Waals surface area contributed by atoms with Crippen LogP contribution in [0.25, 0.3) is 0 Å². The van der Waals surface area contributed by atoms with Gasteiger partial charge in [0.15, 0.2) is 0 Å². The molecule has 0 aromatic rings. The number of hydrogen-bond acceptors (Lipinski definition) is 4. The lowest BCUT2D eigenvalue weighted by atomic mass is 9.92. The van der Waals surface area contributed by atoms with E-state index in [2.05, 4.69) is 11.8 Å². The Labute approximate surface area is 133 Å². The lowest BCUT2D eigenvalue weighted by Gasteiger charge is -2.38. The maximum Gasteiger partial charge on any atom is 0.323 e. The van der Waals surface area contributed by atoms with Gasteiger partial charge >= 0.3 is 5.97 Å². The molecule has 3 atom stereocenters. The first-order valence-corrected chi connectivity index (χ1v) is 8.78. The smallest absolute Gasteiger partial charge is 0.323 e. The second-order valence-electron chi connectivity index (χ2n) is 7.34. The average Bonchev–Trinajstić information content (AvgIpc) is 2.86. The molecule has 124 valence electrons. The van der Waals surface area contributed by atoms with Crippen molar-refractivity contribution in [3.05, 3.63) is 0 Å². The van der Waals surface area contributed by atoms with Crippen molar-refractivity contribution in [2.75, 3.05) is 26.2 Å². The van der Waals surface area contributed by atoms with Gasteiger partial charge in [-0.1, -0.05) is 6.92 Å². The Kier molecular flexibility index (Phi) is 4.71. The Morgan fingerprint density at radius 1 is 1.14 bits per heavy atom. The number of piperidine rings is 2. The molecule has 3 aliphatic heterocycles. The molecule has 22 heavy (non-hydrogen) atoms. The van der Waals surface area contributed by atoms with Gasteiger partial charge in [0, 0.05) is 26.1 Å². The predicted octanol–water partition coefficient (Wildman–Crippen LogP) is 1.66. The molecule has 3 saturated heterocycles. The van der Waals surface area contributed by atoms with Crippen molar-refractivity contribution in [3.8, 4) is 0 Å². The summed E-state index contributed by atoms with van der Waals surface area (Å²) in [6.45, 7) is 7.64. The monoisotopic (exact) mass is 308 g/mol. The summed E-state index contributed by atoms with van der Waals surface area (Å²) in [5.74, 6) is 0.996. The fourth-order valence-electron chi connectivity index (χ4n) is 4.01. The van der Waals surface area contributed by atoms with Crippen molar-refractivity contribution in [2.24, 2.45) is 11.8 Å². The second kappa shape index (κ2) is 6.57. The molecule has 0 radical (unpaired) electrons. The van der Waals surface area contributed by atoms with Crippen molar-refractivity contribution in [3.63, 3.8) is 0 Å². The van der Waals surface area contributed by atoms with Gasteiger partial charge in [-0.15, -0.1) is 0 Å². The molecular formula is C17H28N2O3. The normalized spacial score (nSPS) is 34.7. The van der Waals surface area contributed by atoms with E-state index in [9.17, 15) is 9.59 Å². The number of likely N-dealkylation sites (tertiary alicyclic amines) is 2. The van der Waals surface area contributed by atoms with Gasteiger partial charge < -0.3 is 9.64 Å². The highest BCUT2D eigenvalue weighted by molar-refractivity contribution is 5.80. The van der Waals surface area contributed by atoms with Crippen molar-refractivity contribution in [1.82, 2.24) is 9.80 Å². The highest BCUT2D eigenvalue weighted by Gasteiger charge is 2.40. The van der Waals surface area contributed by atoms with Crippen LogP contribution in [-0.4, -0.2) is 60.0 Å². The predicted molar refractivity (Wildman–Crippen MR) is 83.2 cm³/mol. The first-order chi connectivity index (χ1) is 10.5. The summed E-state index contributed by atoms with van der Waals surface area (Å²) in [6, 6.07) is -0.132. The SMILES string of the molecule is CC1CCN(C(=O)[C@@H]2CCCN([C@@H]3C[C@H](C)OC3=O)C2)CC1. The molecule has 0 unspecified atom stereocenters. The number of rotatable bonds is 2. The van der Waals surface area contributed by atoms with Crippen LogP contribution < -0.4 is 0 Å². The van der Waals surface area contributed by atoms with Gasteiger partial charge in [-0.3, -0.25) is 14.5 Å². The van der Waals surface area contributed by atoms with E-state index < -0.39 is 0 Å². The Hall–Kier alpha value is -1.10. The third kappa shape index (κ3) is 3.29. The molecule has 3 aliphatic rings. The first-order valence-electron chi connectivity index (χ1n) is 8.78. The zero-order chi connectivity index (χ0) is 15.7. The number of carbonyl (C=O) groups is 2. The van der Waals surface area contributed by atoms with E-state index >= 15 is 0 Å². The van der Waals surface area contributed by atoms with Crippen LogP contribution in [0.3, 0.4) is 0 Å². The lowest BCUT2D eigenvalue weighted by molar-refractivity contribution is -0.147. The Morgan fingerprint density at radius 3 is 2.50 bits per heavy atom. The molecule has 0 aliphatic carbocycles. The number of nitrogens with zero attached hydrogens (tertiary/aromatic N) is 2. The summed E-state index contributed by atoms with van der Waals surface area (Å²) >= 11 is 0. The van der Waals surface area contributed by atoms with Gasteiger partial charge in [-0.05, 0) is 45.1 Å². The molecule has 3 heterocycles. The molecule has 0 saturated carbocycles. The maximum atomic E-state index is 12.7. The molecule has 3 rings (SSSR count). The summed E-state index contributed by atoms with van der Waals surface area (Å²) in [5, 5.41) is 0. The Bertz CT molecular complexity index is 432. The molecule has 3 fully saturated rings. The summed E-state index contributed by atoms with van der Waals surface area (Å²) in [4.78, 5) is 28.9. The number of hydrogen-bond donors (Lipinski definition) is 0. The van der Waals surface area contributed by atoms with Crippen molar-refractivity contribution < 1.29 is 14.3 Å². The molecule has 0 spiro atoms. The van der Waals surface area contributed by atoms with E-state index in [0.717, 1.165) is 64.2 Å².